The molecule has 1 saturated heterocycles. The molecule has 5 atom stereocenters. The molecule has 13 heavy (non-hydrogen) atoms. The molecular formula is C9H10O4. The highest BCUT2D eigenvalue weighted by Gasteiger charge is 2.64. The summed E-state index contributed by atoms with van der Waals surface area (Å²) in [5, 5.41) is 8.97. The van der Waals surface area contributed by atoms with Gasteiger partial charge in [-0.3, -0.25) is 9.59 Å². The topological polar surface area (TPSA) is 63.6 Å². The van der Waals surface area contributed by atoms with Crippen molar-refractivity contribution in [1.29, 1.82) is 0 Å². The molecule has 0 amide bonds. The van der Waals surface area contributed by atoms with Gasteiger partial charge in [-0.15, -0.1) is 0 Å². The van der Waals surface area contributed by atoms with Crippen molar-refractivity contribution >= 4 is 11.9 Å². The molecule has 1 aliphatic heterocycles. The number of fused-ring (bicyclic) bond motifs is 1. The lowest BCUT2D eigenvalue weighted by atomic mass is 9.80. The zero-order valence-corrected chi connectivity index (χ0v) is 6.97. The molecule has 2 aliphatic carbocycles. The van der Waals surface area contributed by atoms with Gasteiger partial charge in [-0.05, 0) is 18.8 Å². The number of hydrogen-bond donors (Lipinski definition) is 1. The third-order valence-electron chi connectivity index (χ3n) is 3.77. The maximum Gasteiger partial charge on any atom is 0.310 e. The Balaban J connectivity index is 2.01. The Morgan fingerprint density at radius 3 is 2.92 bits per heavy atom. The molecule has 3 fully saturated rings. The van der Waals surface area contributed by atoms with Crippen molar-refractivity contribution in [3.05, 3.63) is 0 Å². The van der Waals surface area contributed by atoms with Crippen LogP contribution < -0.4 is 0 Å². The Morgan fingerprint density at radius 1 is 1.46 bits per heavy atom. The van der Waals surface area contributed by atoms with Crippen molar-refractivity contribution in [2.45, 2.75) is 18.9 Å². The molecule has 2 bridgehead atoms. The van der Waals surface area contributed by atoms with Gasteiger partial charge in [0.05, 0.1) is 11.8 Å². The third kappa shape index (κ3) is 0.716. The van der Waals surface area contributed by atoms with E-state index in [1.165, 1.54) is 0 Å². The van der Waals surface area contributed by atoms with Crippen LogP contribution in [0, 0.1) is 23.7 Å². The summed E-state index contributed by atoms with van der Waals surface area (Å²) in [6.45, 7) is 0. The molecule has 0 aromatic heterocycles. The van der Waals surface area contributed by atoms with Gasteiger partial charge in [0, 0.05) is 5.92 Å². The van der Waals surface area contributed by atoms with Crippen LogP contribution in [-0.4, -0.2) is 23.1 Å². The Kier molecular flexibility index (Phi) is 1.16. The lowest BCUT2D eigenvalue weighted by Gasteiger charge is -2.19. The zero-order valence-electron chi connectivity index (χ0n) is 6.97. The van der Waals surface area contributed by atoms with Crippen molar-refractivity contribution in [3.8, 4) is 0 Å². The standard InChI is InChI=1S/C9H10O4/c10-8(11)6-3-1-4-5(2-3)13-9(12)7(4)6/h3-7H,1-2H2,(H,10,11)/t3?,4?,5-,6+,7?/m1/s1. The highest BCUT2D eigenvalue weighted by molar-refractivity contribution is 5.84. The predicted molar refractivity (Wildman–Crippen MR) is 40.7 cm³/mol. The molecular weight excluding hydrogens is 172 g/mol. The normalized spacial score (nSPS) is 51.1. The number of rotatable bonds is 1. The van der Waals surface area contributed by atoms with Gasteiger partial charge in [0.1, 0.15) is 6.10 Å². The number of carboxylic acid groups (broad SMARTS) is 1. The van der Waals surface area contributed by atoms with Crippen molar-refractivity contribution in [1.82, 2.24) is 0 Å². The maximum absolute atomic E-state index is 11.3. The number of ether oxygens (including phenoxy) is 1. The van der Waals surface area contributed by atoms with E-state index in [0.29, 0.717) is 0 Å². The predicted octanol–water partition coefficient (Wildman–Crippen LogP) is 0.269. The van der Waals surface area contributed by atoms with Crippen LogP contribution in [0.15, 0.2) is 0 Å². The van der Waals surface area contributed by atoms with Crippen LogP contribution in [-0.2, 0) is 14.3 Å². The van der Waals surface area contributed by atoms with Gasteiger partial charge in [0.25, 0.3) is 0 Å². The van der Waals surface area contributed by atoms with Crippen molar-refractivity contribution in [2.75, 3.05) is 0 Å². The summed E-state index contributed by atoms with van der Waals surface area (Å²) in [5.74, 6) is -1.50. The summed E-state index contributed by atoms with van der Waals surface area (Å²) in [4.78, 5) is 22.2. The molecule has 1 heterocycles. The maximum atomic E-state index is 11.3. The van der Waals surface area contributed by atoms with Gasteiger partial charge < -0.3 is 9.84 Å². The first kappa shape index (κ1) is 7.35. The quantitative estimate of drug-likeness (QED) is 0.591. The Labute approximate surface area is 74.9 Å². The summed E-state index contributed by atoms with van der Waals surface area (Å²) in [7, 11) is 0. The number of carboxylic acids is 1. The smallest absolute Gasteiger partial charge is 0.310 e. The van der Waals surface area contributed by atoms with Crippen LogP contribution in [0.3, 0.4) is 0 Å². The minimum absolute atomic E-state index is 0.0399. The number of carbonyl (C=O) groups excluding carboxylic acids is 1. The minimum atomic E-state index is -0.824. The van der Waals surface area contributed by atoms with E-state index in [2.05, 4.69) is 0 Å². The molecule has 0 radical (unpaired) electrons. The molecule has 3 unspecified atom stereocenters. The molecule has 70 valence electrons. The van der Waals surface area contributed by atoms with Gasteiger partial charge in [0.15, 0.2) is 0 Å². The third-order valence-corrected chi connectivity index (χ3v) is 3.77. The van der Waals surface area contributed by atoms with E-state index in [1.54, 1.807) is 0 Å². The highest BCUT2D eigenvalue weighted by Crippen LogP contribution is 2.57. The van der Waals surface area contributed by atoms with Gasteiger partial charge in [-0.25, -0.2) is 0 Å². The van der Waals surface area contributed by atoms with E-state index in [4.69, 9.17) is 9.84 Å². The van der Waals surface area contributed by atoms with Crippen molar-refractivity contribution in [2.24, 2.45) is 23.7 Å². The second-order valence-corrected chi connectivity index (χ2v) is 4.26. The molecule has 1 N–H and O–H groups in total. The summed E-state index contributed by atoms with van der Waals surface area (Å²) >= 11 is 0. The molecule has 3 rings (SSSR count). The Morgan fingerprint density at radius 2 is 2.23 bits per heavy atom. The van der Waals surface area contributed by atoms with Crippen molar-refractivity contribution in [3.63, 3.8) is 0 Å². The zero-order chi connectivity index (χ0) is 9.16. The fourth-order valence-electron chi connectivity index (χ4n) is 3.34. The van der Waals surface area contributed by atoms with Gasteiger partial charge >= 0.3 is 11.9 Å². The van der Waals surface area contributed by atoms with Crippen LogP contribution in [0.1, 0.15) is 12.8 Å². The van der Waals surface area contributed by atoms with E-state index in [0.717, 1.165) is 12.8 Å². The van der Waals surface area contributed by atoms with Gasteiger partial charge in [-0.1, -0.05) is 0 Å². The average Bonchev–Trinajstić information content (AvgIpc) is 2.60. The molecule has 0 aromatic carbocycles. The molecule has 2 saturated carbocycles. The first-order chi connectivity index (χ1) is 6.18. The molecule has 0 aromatic rings. The van der Waals surface area contributed by atoms with Crippen LogP contribution in [0.2, 0.25) is 0 Å². The average molecular weight is 182 g/mol. The van der Waals surface area contributed by atoms with E-state index in [1.807, 2.05) is 0 Å². The van der Waals surface area contributed by atoms with Crippen LogP contribution in [0.25, 0.3) is 0 Å². The lowest BCUT2D eigenvalue weighted by Crippen LogP contribution is -2.31. The first-order valence-electron chi connectivity index (χ1n) is 4.62. The largest absolute Gasteiger partial charge is 0.481 e. The molecule has 3 aliphatic rings. The molecule has 0 spiro atoms. The SMILES string of the molecule is O=C1O[C@@H]2CC3CC2C1[C@H]3C(=O)O. The second kappa shape index (κ2) is 2.05. The highest BCUT2D eigenvalue weighted by atomic mass is 16.6. The molecule has 4 heteroatoms. The number of esters is 1. The monoisotopic (exact) mass is 182 g/mol. The van der Waals surface area contributed by atoms with Crippen LogP contribution in [0.5, 0.6) is 0 Å². The number of aliphatic carboxylic acids is 1. The lowest BCUT2D eigenvalue weighted by molar-refractivity contribution is -0.151. The van der Waals surface area contributed by atoms with E-state index >= 15 is 0 Å². The van der Waals surface area contributed by atoms with Crippen LogP contribution in [0.4, 0.5) is 0 Å². The Bertz CT molecular complexity index is 296. The first-order valence-corrected chi connectivity index (χ1v) is 4.62. The number of hydrogen-bond acceptors (Lipinski definition) is 3. The minimum Gasteiger partial charge on any atom is -0.481 e. The number of carbonyl (C=O) groups is 2. The summed E-state index contributed by atoms with van der Waals surface area (Å²) in [5.41, 5.74) is 0. The van der Waals surface area contributed by atoms with Gasteiger partial charge in [-0.2, -0.15) is 0 Å². The summed E-state index contributed by atoms with van der Waals surface area (Å²) < 4.78 is 5.12. The Hall–Kier alpha value is -1.06. The molecule has 4 nitrogen and oxygen atoms in total. The fraction of sp³-hybridized carbons (Fsp3) is 0.778. The second-order valence-electron chi connectivity index (χ2n) is 4.26. The van der Waals surface area contributed by atoms with E-state index in [9.17, 15) is 9.59 Å². The fourth-order valence-corrected chi connectivity index (χ4v) is 3.34. The van der Waals surface area contributed by atoms with Gasteiger partial charge in [0.2, 0.25) is 0 Å². The van der Waals surface area contributed by atoms with Crippen LogP contribution >= 0.6 is 0 Å². The van der Waals surface area contributed by atoms with E-state index < -0.39 is 11.9 Å². The van der Waals surface area contributed by atoms with Crippen molar-refractivity contribution < 1.29 is 19.4 Å². The summed E-state index contributed by atoms with van der Waals surface area (Å²) in [6.07, 6.45) is 1.68. The van der Waals surface area contributed by atoms with E-state index in [-0.39, 0.29) is 29.8 Å². The summed E-state index contributed by atoms with van der Waals surface area (Å²) in [6, 6.07) is 0.